The summed E-state index contributed by atoms with van der Waals surface area (Å²) < 4.78 is 0. The molecule has 3 nitrogen and oxygen atoms in total. The number of nitrogens with zero attached hydrogens (tertiary/aromatic N) is 3. The van der Waals surface area contributed by atoms with Crippen LogP contribution in [0.2, 0.25) is 0 Å². The number of hydrogen-bond acceptors (Lipinski definition) is 3. The molecule has 0 aliphatic rings. The van der Waals surface area contributed by atoms with Gasteiger partial charge in [-0.15, -0.1) is 0 Å². The third-order valence-electron chi connectivity index (χ3n) is 4.73. The fraction of sp³-hybridized carbons (Fsp3) is 0.292. The van der Waals surface area contributed by atoms with Gasteiger partial charge < -0.3 is 0 Å². The van der Waals surface area contributed by atoms with Gasteiger partial charge in [0.1, 0.15) is 0 Å². The highest BCUT2D eigenvalue weighted by Crippen LogP contribution is 2.35. The molecule has 0 aliphatic heterocycles. The maximum Gasteiger partial charge on any atom is 0.0886 e. The monoisotopic (exact) mass is 357 g/mol. The lowest BCUT2D eigenvalue weighted by Crippen LogP contribution is -2.00. The topological polar surface area (TPSA) is 38.1 Å². The van der Waals surface area contributed by atoms with Crippen LogP contribution in [0.1, 0.15) is 63.1 Å². The van der Waals surface area contributed by atoms with Gasteiger partial charge in [-0.25, -0.2) is 0 Å². The van der Waals surface area contributed by atoms with Crippen LogP contribution in [0, 0.1) is 0 Å². The molecule has 0 bridgehead atoms. The second-order valence-electron chi connectivity index (χ2n) is 7.44. The summed E-state index contributed by atoms with van der Waals surface area (Å²) in [7, 11) is 0. The van der Waals surface area contributed by atoms with Crippen LogP contribution in [0.25, 0.3) is 11.4 Å². The molecule has 0 saturated heterocycles. The zero-order valence-corrected chi connectivity index (χ0v) is 16.8. The number of pyridine rings is 2. The third-order valence-corrected chi connectivity index (χ3v) is 4.73. The van der Waals surface area contributed by atoms with E-state index in [2.05, 4.69) is 68.9 Å². The first-order valence-corrected chi connectivity index (χ1v) is 9.53. The Morgan fingerprint density at radius 1 is 0.778 bits per heavy atom. The lowest BCUT2D eigenvalue weighted by atomic mass is 9.93. The Labute approximate surface area is 162 Å². The van der Waals surface area contributed by atoms with Crippen molar-refractivity contribution in [2.45, 2.75) is 46.5 Å². The third kappa shape index (κ3) is 4.30. The number of hydrogen-bond donors (Lipinski definition) is 0. The van der Waals surface area contributed by atoms with Gasteiger partial charge in [-0.05, 0) is 54.2 Å². The normalized spacial score (nSPS) is 12.0. The molecule has 0 fully saturated rings. The molecule has 3 aromatic rings. The van der Waals surface area contributed by atoms with Crippen molar-refractivity contribution in [1.29, 1.82) is 0 Å². The van der Waals surface area contributed by atoms with E-state index < -0.39 is 0 Å². The van der Waals surface area contributed by atoms with Crippen LogP contribution in [0.3, 0.4) is 0 Å². The van der Waals surface area contributed by atoms with Crippen molar-refractivity contribution in [3.8, 4) is 11.4 Å². The summed E-state index contributed by atoms with van der Waals surface area (Å²) in [5, 5.41) is 0. The Morgan fingerprint density at radius 2 is 1.44 bits per heavy atom. The first-order chi connectivity index (χ1) is 13.0. The van der Waals surface area contributed by atoms with E-state index in [0.29, 0.717) is 11.8 Å². The molecule has 0 unspecified atom stereocenters. The summed E-state index contributed by atoms with van der Waals surface area (Å²) in [6.07, 6.45) is 3.67. The lowest BCUT2D eigenvalue weighted by molar-refractivity contribution is 0.834. The fourth-order valence-electron chi connectivity index (χ4n) is 3.15. The van der Waals surface area contributed by atoms with Crippen LogP contribution in [-0.4, -0.2) is 15.7 Å². The molecule has 138 valence electrons. The predicted molar refractivity (Wildman–Crippen MR) is 114 cm³/mol. The summed E-state index contributed by atoms with van der Waals surface area (Å²) in [6, 6.07) is 16.4. The van der Waals surface area contributed by atoms with Crippen LogP contribution < -0.4 is 0 Å². The molecule has 0 saturated carbocycles. The Bertz CT molecular complexity index is 897. The van der Waals surface area contributed by atoms with Crippen LogP contribution in [0.4, 0.5) is 5.69 Å². The van der Waals surface area contributed by atoms with Crippen molar-refractivity contribution in [1.82, 2.24) is 9.97 Å². The smallest absolute Gasteiger partial charge is 0.0886 e. The number of para-hydroxylation sites is 1. The number of rotatable bonds is 5. The van der Waals surface area contributed by atoms with Gasteiger partial charge in [-0.2, -0.15) is 0 Å². The molecule has 0 atom stereocenters. The number of benzene rings is 1. The van der Waals surface area contributed by atoms with Crippen molar-refractivity contribution in [3.05, 3.63) is 77.6 Å². The molecule has 0 N–H and O–H groups in total. The maximum atomic E-state index is 5.04. The average molecular weight is 358 g/mol. The zero-order valence-electron chi connectivity index (χ0n) is 16.8. The molecular weight excluding hydrogens is 330 g/mol. The van der Waals surface area contributed by atoms with Crippen LogP contribution in [0.5, 0.6) is 0 Å². The van der Waals surface area contributed by atoms with Crippen LogP contribution in [-0.2, 0) is 0 Å². The Hall–Kier alpha value is -2.81. The zero-order chi connectivity index (χ0) is 19.4. The van der Waals surface area contributed by atoms with Gasteiger partial charge in [0.05, 0.1) is 17.1 Å². The van der Waals surface area contributed by atoms with E-state index in [4.69, 9.17) is 4.99 Å². The van der Waals surface area contributed by atoms with Crippen LogP contribution >= 0.6 is 0 Å². The molecule has 1 aromatic carbocycles. The molecule has 2 heterocycles. The van der Waals surface area contributed by atoms with Crippen molar-refractivity contribution in [2.75, 3.05) is 0 Å². The first-order valence-electron chi connectivity index (χ1n) is 9.53. The van der Waals surface area contributed by atoms with E-state index in [-0.39, 0.29) is 0 Å². The molecular formula is C24H27N3. The largest absolute Gasteiger partial charge is 0.255 e. The van der Waals surface area contributed by atoms with Gasteiger partial charge in [0.2, 0.25) is 0 Å². The molecule has 2 aromatic heterocycles. The molecule has 0 aliphatic carbocycles. The van der Waals surface area contributed by atoms with Gasteiger partial charge >= 0.3 is 0 Å². The lowest BCUT2D eigenvalue weighted by Gasteiger charge is -2.17. The van der Waals surface area contributed by atoms with Gasteiger partial charge in [-0.1, -0.05) is 52.0 Å². The van der Waals surface area contributed by atoms with E-state index in [1.807, 2.05) is 30.5 Å². The SMILES string of the molecule is CC(=Nc1c(C(C)C)cccc1C(C)C)c1ccc(-c2ccccn2)nc1. The van der Waals surface area contributed by atoms with Gasteiger partial charge in [-0.3, -0.25) is 15.0 Å². The van der Waals surface area contributed by atoms with E-state index in [9.17, 15) is 0 Å². The van der Waals surface area contributed by atoms with Crippen molar-refractivity contribution >= 4 is 11.4 Å². The standard InChI is InChI=1S/C24H27N3/c1-16(2)20-9-8-10-21(17(3)4)24(20)27-18(5)19-12-13-23(26-15-19)22-11-6-7-14-25-22/h6-17H,1-5H3. The van der Waals surface area contributed by atoms with Crippen molar-refractivity contribution in [3.63, 3.8) is 0 Å². The minimum absolute atomic E-state index is 0.430. The summed E-state index contributed by atoms with van der Waals surface area (Å²) in [4.78, 5) is 14.0. The number of aliphatic imine (C=N–C) groups is 1. The van der Waals surface area contributed by atoms with E-state index in [1.54, 1.807) is 6.20 Å². The quantitative estimate of drug-likeness (QED) is 0.487. The minimum atomic E-state index is 0.430. The Morgan fingerprint density at radius 3 is 1.96 bits per heavy atom. The highest BCUT2D eigenvalue weighted by atomic mass is 14.8. The second kappa shape index (κ2) is 8.26. The number of aromatic nitrogens is 2. The molecule has 0 radical (unpaired) electrons. The summed E-state index contributed by atoms with van der Waals surface area (Å²) in [5.41, 5.74) is 7.45. The highest BCUT2D eigenvalue weighted by Gasteiger charge is 2.14. The second-order valence-corrected chi connectivity index (χ2v) is 7.44. The fourth-order valence-corrected chi connectivity index (χ4v) is 3.15. The minimum Gasteiger partial charge on any atom is -0.255 e. The molecule has 27 heavy (non-hydrogen) atoms. The summed E-state index contributed by atoms with van der Waals surface area (Å²) in [5.74, 6) is 0.861. The summed E-state index contributed by atoms with van der Waals surface area (Å²) in [6.45, 7) is 10.9. The van der Waals surface area contributed by atoms with Crippen LogP contribution in [0.15, 0.2) is 65.9 Å². The Balaban J connectivity index is 1.99. The molecule has 3 rings (SSSR count). The van der Waals surface area contributed by atoms with E-state index in [1.165, 1.54) is 11.1 Å². The molecule has 3 heteroatoms. The first kappa shape index (κ1) is 19.0. The molecule has 0 spiro atoms. The average Bonchev–Trinajstić information content (AvgIpc) is 2.68. The van der Waals surface area contributed by atoms with Gasteiger partial charge in [0, 0.05) is 23.7 Å². The highest BCUT2D eigenvalue weighted by molar-refractivity contribution is 6.00. The van der Waals surface area contributed by atoms with Gasteiger partial charge in [0.25, 0.3) is 0 Å². The van der Waals surface area contributed by atoms with Crippen molar-refractivity contribution < 1.29 is 0 Å². The Kier molecular flexibility index (Phi) is 5.80. The van der Waals surface area contributed by atoms with E-state index >= 15 is 0 Å². The maximum absolute atomic E-state index is 5.04. The summed E-state index contributed by atoms with van der Waals surface area (Å²) >= 11 is 0. The van der Waals surface area contributed by atoms with Gasteiger partial charge in [0.15, 0.2) is 0 Å². The predicted octanol–water partition coefficient (Wildman–Crippen LogP) is 6.53. The van der Waals surface area contributed by atoms with E-state index in [0.717, 1.165) is 28.4 Å². The molecule has 0 amide bonds. The van der Waals surface area contributed by atoms with Crippen molar-refractivity contribution in [2.24, 2.45) is 4.99 Å².